The van der Waals surface area contributed by atoms with Crippen molar-refractivity contribution in [2.24, 2.45) is 0 Å². The Morgan fingerprint density at radius 2 is 1.63 bits per heavy atom. The molecular weight excluding hydrogens is 502 g/mol. The van der Waals surface area contributed by atoms with E-state index in [-0.39, 0.29) is 21.9 Å². The summed E-state index contributed by atoms with van der Waals surface area (Å²) in [4.78, 5) is 33.1. The quantitative estimate of drug-likeness (QED) is 0.283. The van der Waals surface area contributed by atoms with E-state index in [1.165, 1.54) is 12.0 Å². The number of hydrogen-bond donors (Lipinski definition) is 1. The van der Waals surface area contributed by atoms with Crippen LogP contribution in [0, 0.1) is 6.92 Å². The number of carbonyl (C=O) groups excluding carboxylic acids is 2. The number of benzene rings is 3. The van der Waals surface area contributed by atoms with Crippen LogP contribution in [0.15, 0.2) is 72.3 Å². The first-order chi connectivity index (χ1) is 18.3. The van der Waals surface area contributed by atoms with Crippen LogP contribution in [0.5, 0.6) is 5.75 Å². The van der Waals surface area contributed by atoms with E-state index < -0.39 is 17.7 Å². The van der Waals surface area contributed by atoms with Crippen LogP contribution in [-0.2, 0) is 9.59 Å². The van der Waals surface area contributed by atoms with Crippen LogP contribution < -0.4 is 14.5 Å². The van der Waals surface area contributed by atoms with Crippen LogP contribution >= 0.6 is 11.6 Å². The lowest BCUT2D eigenvalue weighted by Gasteiger charge is -2.34. The Morgan fingerprint density at radius 3 is 2.29 bits per heavy atom. The number of Topliss-reactive ketones (excluding diaryl/α,β-unsaturated/α-hetero) is 1. The van der Waals surface area contributed by atoms with Gasteiger partial charge < -0.3 is 19.6 Å². The lowest BCUT2D eigenvalue weighted by molar-refractivity contribution is -0.132. The van der Waals surface area contributed by atoms with Crippen molar-refractivity contribution in [2.45, 2.75) is 13.0 Å². The third-order valence-electron chi connectivity index (χ3n) is 7.23. The van der Waals surface area contributed by atoms with Gasteiger partial charge in [0.05, 0.1) is 23.7 Å². The van der Waals surface area contributed by atoms with Gasteiger partial charge >= 0.3 is 0 Å². The van der Waals surface area contributed by atoms with E-state index in [0.29, 0.717) is 17.0 Å². The molecule has 0 radical (unpaired) electrons. The Bertz CT molecular complexity index is 1410. The van der Waals surface area contributed by atoms with Crippen molar-refractivity contribution in [3.05, 3.63) is 94.0 Å². The minimum atomic E-state index is -0.827. The Balaban J connectivity index is 1.61. The van der Waals surface area contributed by atoms with Gasteiger partial charge in [-0.15, -0.1) is 0 Å². The maximum atomic E-state index is 13.5. The molecule has 1 amide bonds. The number of nitrogens with zero attached hydrogens (tertiary/aromatic N) is 3. The van der Waals surface area contributed by atoms with Gasteiger partial charge in [0, 0.05) is 43.1 Å². The monoisotopic (exact) mass is 531 g/mol. The van der Waals surface area contributed by atoms with Gasteiger partial charge in [-0.25, -0.2) is 0 Å². The summed E-state index contributed by atoms with van der Waals surface area (Å²) in [7, 11) is 3.62. The number of anilines is 2. The zero-order chi connectivity index (χ0) is 27.0. The van der Waals surface area contributed by atoms with Crippen LogP contribution in [0.2, 0.25) is 5.02 Å². The molecule has 38 heavy (non-hydrogen) atoms. The molecule has 0 bridgehead atoms. The van der Waals surface area contributed by atoms with Crippen molar-refractivity contribution in [3.8, 4) is 5.75 Å². The molecular formula is C30H30ClN3O4. The Kier molecular flexibility index (Phi) is 7.15. The third-order valence-corrected chi connectivity index (χ3v) is 7.56. The first-order valence-electron chi connectivity index (χ1n) is 12.5. The minimum Gasteiger partial charge on any atom is -0.507 e. The first-order valence-corrected chi connectivity index (χ1v) is 12.9. The predicted octanol–water partition coefficient (Wildman–Crippen LogP) is 5.04. The van der Waals surface area contributed by atoms with Crippen LogP contribution in [0.1, 0.15) is 22.7 Å². The van der Waals surface area contributed by atoms with Gasteiger partial charge in [0.25, 0.3) is 11.7 Å². The van der Waals surface area contributed by atoms with Gasteiger partial charge in [-0.05, 0) is 62.0 Å². The van der Waals surface area contributed by atoms with Crippen molar-refractivity contribution < 1.29 is 19.4 Å². The van der Waals surface area contributed by atoms with Crippen molar-refractivity contribution in [1.82, 2.24) is 4.90 Å². The molecule has 0 aliphatic carbocycles. The number of halogens is 1. The molecule has 1 atom stereocenters. The second-order valence-corrected chi connectivity index (χ2v) is 10.1. The molecule has 2 aliphatic rings. The summed E-state index contributed by atoms with van der Waals surface area (Å²) in [6.45, 7) is 5.75. The SMILES string of the molecule is COc1ccc(Cl)c(/C(O)=C2\C(=O)C(=O)N(c3ccc(N4CCN(C)CC4)cc3)C2c2cccc(C)c2)c1. The number of hydrogen-bond acceptors (Lipinski definition) is 6. The van der Waals surface area contributed by atoms with Gasteiger partial charge in [0.2, 0.25) is 0 Å². The zero-order valence-electron chi connectivity index (χ0n) is 21.6. The molecule has 0 spiro atoms. The van der Waals surface area contributed by atoms with E-state index in [4.69, 9.17) is 16.3 Å². The van der Waals surface area contributed by atoms with E-state index in [1.807, 2.05) is 55.5 Å². The summed E-state index contributed by atoms with van der Waals surface area (Å²) in [5.41, 5.74) is 3.54. The summed E-state index contributed by atoms with van der Waals surface area (Å²) in [5.74, 6) is -1.34. The molecule has 3 aromatic carbocycles. The number of amides is 1. The number of carbonyl (C=O) groups is 2. The maximum absolute atomic E-state index is 13.5. The highest BCUT2D eigenvalue weighted by molar-refractivity contribution is 6.52. The lowest BCUT2D eigenvalue weighted by Crippen LogP contribution is -2.44. The summed E-state index contributed by atoms with van der Waals surface area (Å²) in [6.07, 6.45) is 0. The number of aryl methyl sites for hydroxylation is 1. The molecule has 0 aromatic heterocycles. The summed E-state index contributed by atoms with van der Waals surface area (Å²) in [5, 5.41) is 11.7. The van der Waals surface area contributed by atoms with Gasteiger partial charge in [0.15, 0.2) is 0 Å². The molecule has 0 saturated carbocycles. The fourth-order valence-electron chi connectivity index (χ4n) is 5.10. The smallest absolute Gasteiger partial charge is 0.300 e. The molecule has 5 rings (SSSR count). The fraction of sp³-hybridized carbons (Fsp3) is 0.267. The van der Waals surface area contributed by atoms with Gasteiger partial charge in [0.1, 0.15) is 11.5 Å². The first kappa shape index (κ1) is 25.8. The number of piperazine rings is 1. The topological polar surface area (TPSA) is 73.3 Å². The largest absolute Gasteiger partial charge is 0.507 e. The highest BCUT2D eigenvalue weighted by atomic mass is 35.5. The maximum Gasteiger partial charge on any atom is 0.300 e. The number of ketones is 1. The van der Waals surface area contributed by atoms with E-state index in [0.717, 1.165) is 37.4 Å². The highest BCUT2D eigenvalue weighted by Crippen LogP contribution is 2.43. The molecule has 196 valence electrons. The van der Waals surface area contributed by atoms with Gasteiger partial charge in [-0.1, -0.05) is 41.4 Å². The number of likely N-dealkylation sites (N-methyl/N-ethyl adjacent to an activating group) is 1. The molecule has 2 aliphatic heterocycles. The highest BCUT2D eigenvalue weighted by Gasteiger charge is 2.47. The molecule has 1 unspecified atom stereocenters. The Labute approximate surface area is 227 Å². The summed E-state index contributed by atoms with van der Waals surface area (Å²) in [6, 6.07) is 19.3. The van der Waals surface area contributed by atoms with E-state index in [1.54, 1.807) is 18.2 Å². The molecule has 8 heteroatoms. The van der Waals surface area contributed by atoms with Crippen LogP contribution in [0.3, 0.4) is 0 Å². The van der Waals surface area contributed by atoms with Gasteiger partial charge in [-0.3, -0.25) is 14.5 Å². The second-order valence-electron chi connectivity index (χ2n) is 9.74. The van der Waals surface area contributed by atoms with E-state index >= 15 is 0 Å². The number of aliphatic hydroxyl groups excluding tert-OH is 1. The second kappa shape index (κ2) is 10.5. The number of ether oxygens (including phenoxy) is 1. The standard InChI is InChI=1S/C30H30ClN3O4/c1-19-5-4-6-20(17-19)27-26(28(35)24-18-23(38-3)11-12-25(24)31)29(36)30(37)34(27)22-9-7-21(8-10-22)33-15-13-32(2)14-16-33/h4-12,17-18,27,35H,13-16H2,1-3H3/b28-26+. The average Bonchev–Trinajstić information content (AvgIpc) is 3.19. The number of aliphatic hydroxyl groups is 1. The van der Waals surface area contributed by atoms with E-state index in [9.17, 15) is 14.7 Å². The molecule has 2 fully saturated rings. The normalized spacial score (nSPS) is 19.7. The van der Waals surface area contributed by atoms with Crippen LogP contribution in [0.25, 0.3) is 5.76 Å². The Morgan fingerprint density at radius 1 is 0.947 bits per heavy atom. The Hall–Kier alpha value is -3.81. The molecule has 2 saturated heterocycles. The van der Waals surface area contributed by atoms with Crippen molar-refractivity contribution in [2.75, 3.05) is 50.1 Å². The molecule has 1 N–H and O–H groups in total. The van der Waals surface area contributed by atoms with Gasteiger partial charge in [-0.2, -0.15) is 0 Å². The molecule has 3 aromatic rings. The average molecular weight is 532 g/mol. The minimum absolute atomic E-state index is 0.0149. The van der Waals surface area contributed by atoms with Crippen LogP contribution in [-0.4, -0.2) is 62.0 Å². The zero-order valence-corrected chi connectivity index (χ0v) is 22.4. The lowest BCUT2D eigenvalue weighted by atomic mass is 9.94. The third kappa shape index (κ3) is 4.75. The van der Waals surface area contributed by atoms with Crippen molar-refractivity contribution in [1.29, 1.82) is 0 Å². The number of rotatable bonds is 5. The predicted molar refractivity (Wildman–Crippen MR) is 150 cm³/mol. The molecule has 7 nitrogen and oxygen atoms in total. The van der Waals surface area contributed by atoms with Crippen LogP contribution in [0.4, 0.5) is 11.4 Å². The summed E-state index contributed by atoms with van der Waals surface area (Å²) < 4.78 is 5.29. The summed E-state index contributed by atoms with van der Waals surface area (Å²) >= 11 is 6.42. The number of methoxy groups -OCH3 is 1. The fourth-order valence-corrected chi connectivity index (χ4v) is 5.31. The van der Waals surface area contributed by atoms with Crippen molar-refractivity contribution in [3.63, 3.8) is 0 Å². The van der Waals surface area contributed by atoms with Crippen molar-refractivity contribution >= 4 is 40.4 Å². The van der Waals surface area contributed by atoms with E-state index in [2.05, 4.69) is 16.8 Å². The molecule has 2 heterocycles.